The van der Waals surface area contributed by atoms with Crippen LogP contribution in [0.2, 0.25) is 0 Å². The van der Waals surface area contributed by atoms with Gasteiger partial charge in [-0.05, 0) is 39.0 Å². The lowest BCUT2D eigenvalue weighted by Crippen LogP contribution is -2.43. The van der Waals surface area contributed by atoms with Crippen molar-refractivity contribution in [2.24, 2.45) is 0 Å². The van der Waals surface area contributed by atoms with E-state index in [4.69, 9.17) is 9.47 Å². The van der Waals surface area contributed by atoms with Crippen molar-refractivity contribution in [1.29, 1.82) is 0 Å². The molecule has 1 heterocycles. The summed E-state index contributed by atoms with van der Waals surface area (Å²) < 4.78 is 12.0. The zero-order valence-electron chi connectivity index (χ0n) is 13.3. The van der Waals surface area contributed by atoms with Crippen molar-refractivity contribution in [2.75, 3.05) is 40.4 Å². The molecule has 0 saturated carbocycles. The van der Waals surface area contributed by atoms with Crippen LogP contribution in [0.25, 0.3) is 0 Å². The molecule has 1 aromatic carbocycles. The smallest absolute Gasteiger partial charge is 0.175 e. The lowest BCUT2D eigenvalue weighted by molar-refractivity contribution is 0.232. The highest BCUT2D eigenvalue weighted by Gasteiger charge is 2.21. The largest absolute Gasteiger partial charge is 0.493 e. The maximum Gasteiger partial charge on any atom is 0.175 e. The van der Waals surface area contributed by atoms with Gasteiger partial charge in [-0.2, -0.15) is 0 Å². The fourth-order valence-corrected chi connectivity index (χ4v) is 3.95. The summed E-state index contributed by atoms with van der Waals surface area (Å²) >= 11 is 3.71. The van der Waals surface area contributed by atoms with Crippen LogP contribution in [0.5, 0.6) is 11.5 Å². The summed E-state index contributed by atoms with van der Waals surface area (Å²) in [6.07, 6.45) is 0. The zero-order chi connectivity index (χ0) is 15.4. The first-order valence-electron chi connectivity index (χ1n) is 7.44. The maximum absolute atomic E-state index is 5.51. The molecule has 0 radical (unpaired) electrons. The van der Waals surface area contributed by atoms with Crippen LogP contribution in [0.15, 0.2) is 10.5 Å². The fraction of sp³-hybridized carbons (Fsp3) is 0.625. The third kappa shape index (κ3) is 3.71. The Bertz CT molecular complexity index is 486. The van der Waals surface area contributed by atoms with Crippen LogP contribution in [0.4, 0.5) is 0 Å². The van der Waals surface area contributed by atoms with Gasteiger partial charge in [0.25, 0.3) is 0 Å². The highest BCUT2D eigenvalue weighted by atomic mass is 79.9. The van der Waals surface area contributed by atoms with Gasteiger partial charge in [-0.25, -0.2) is 0 Å². The number of ether oxygens (including phenoxy) is 2. The minimum atomic E-state index is 0.428. The average Bonchev–Trinajstić information content (AvgIpc) is 2.47. The molecular formula is C16H25BrN2O2. The summed E-state index contributed by atoms with van der Waals surface area (Å²) in [6.45, 7) is 9.68. The minimum Gasteiger partial charge on any atom is -0.493 e. The molecule has 1 N–H and O–H groups in total. The van der Waals surface area contributed by atoms with E-state index in [9.17, 15) is 0 Å². The van der Waals surface area contributed by atoms with E-state index >= 15 is 0 Å². The molecular weight excluding hydrogens is 332 g/mol. The molecule has 21 heavy (non-hydrogen) atoms. The van der Waals surface area contributed by atoms with Crippen LogP contribution in [0, 0.1) is 0 Å². The van der Waals surface area contributed by atoms with Crippen molar-refractivity contribution in [2.45, 2.75) is 26.3 Å². The third-order valence-corrected chi connectivity index (χ3v) is 4.70. The summed E-state index contributed by atoms with van der Waals surface area (Å²) in [5.41, 5.74) is 2.63. The van der Waals surface area contributed by atoms with Crippen molar-refractivity contribution in [3.8, 4) is 11.5 Å². The first-order valence-corrected chi connectivity index (χ1v) is 8.24. The van der Waals surface area contributed by atoms with Gasteiger partial charge in [-0.3, -0.25) is 4.90 Å². The molecule has 2 rings (SSSR count). The first kappa shape index (κ1) is 16.6. The van der Waals surface area contributed by atoms with Crippen molar-refractivity contribution in [1.82, 2.24) is 10.2 Å². The van der Waals surface area contributed by atoms with E-state index in [1.807, 2.05) is 0 Å². The summed E-state index contributed by atoms with van der Waals surface area (Å²) in [7, 11) is 3.37. The Morgan fingerprint density at radius 1 is 1.24 bits per heavy atom. The molecule has 1 aromatic rings. The third-order valence-electron chi connectivity index (χ3n) is 3.92. The molecule has 1 saturated heterocycles. The van der Waals surface area contributed by atoms with Crippen LogP contribution >= 0.6 is 15.9 Å². The standard InChI is InChI=1S/C16H25BrN2O2/c1-11(2)14-12(10-19-7-5-18-6-8-19)9-13(20-3)16(21-4)15(14)17/h9,11,18H,5-8,10H2,1-4H3. The second-order valence-corrected chi connectivity index (χ2v) is 6.47. The molecule has 5 heteroatoms. The van der Waals surface area contributed by atoms with Gasteiger partial charge in [0.2, 0.25) is 0 Å². The molecule has 0 aromatic heterocycles. The number of piperazine rings is 1. The second-order valence-electron chi connectivity index (χ2n) is 5.68. The summed E-state index contributed by atoms with van der Waals surface area (Å²) in [5, 5.41) is 3.39. The SMILES string of the molecule is COc1cc(CN2CCNCC2)c(C(C)C)c(Br)c1OC. The van der Waals surface area contributed by atoms with E-state index in [0.717, 1.165) is 48.7 Å². The number of methoxy groups -OCH3 is 2. The number of nitrogens with one attached hydrogen (secondary N) is 1. The van der Waals surface area contributed by atoms with Crippen molar-refractivity contribution >= 4 is 15.9 Å². The topological polar surface area (TPSA) is 33.7 Å². The van der Waals surface area contributed by atoms with Gasteiger partial charge in [0.05, 0.1) is 18.7 Å². The maximum atomic E-state index is 5.51. The molecule has 0 amide bonds. The highest BCUT2D eigenvalue weighted by Crippen LogP contribution is 2.43. The number of nitrogens with zero attached hydrogens (tertiary/aromatic N) is 1. The molecule has 1 aliphatic rings. The van der Waals surface area contributed by atoms with Gasteiger partial charge in [0.1, 0.15) is 0 Å². The van der Waals surface area contributed by atoms with E-state index < -0.39 is 0 Å². The van der Waals surface area contributed by atoms with E-state index in [1.54, 1.807) is 14.2 Å². The van der Waals surface area contributed by atoms with Crippen LogP contribution in [0.1, 0.15) is 30.9 Å². The van der Waals surface area contributed by atoms with Gasteiger partial charge in [-0.15, -0.1) is 0 Å². The number of rotatable bonds is 5. The second kappa shape index (κ2) is 7.47. The number of benzene rings is 1. The van der Waals surface area contributed by atoms with Crippen molar-refractivity contribution < 1.29 is 9.47 Å². The molecule has 0 aliphatic carbocycles. The van der Waals surface area contributed by atoms with E-state index in [1.165, 1.54) is 11.1 Å². The average molecular weight is 357 g/mol. The van der Waals surface area contributed by atoms with Crippen LogP contribution in [-0.4, -0.2) is 45.3 Å². The number of hydrogen-bond acceptors (Lipinski definition) is 4. The van der Waals surface area contributed by atoms with Gasteiger partial charge >= 0.3 is 0 Å². The number of hydrogen-bond donors (Lipinski definition) is 1. The van der Waals surface area contributed by atoms with Crippen molar-refractivity contribution in [3.63, 3.8) is 0 Å². The number of halogens is 1. The molecule has 0 unspecified atom stereocenters. The predicted octanol–water partition coefficient (Wildman–Crippen LogP) is 2.99. The van der Waals surface area contributed by atoms with E-state index in [2.05, 4.69) is 46.1 Å². The Kier molecular flexibility index (Phi) is 5.90. The van der Waals surface area contributed by atoms with Crippen molar-refractivity contribution in [3.05, 3.63) is 21.7 Å². The fourth-order valence-electron chi connectivity index (χ4n) is 2.88. The quantitative estimate of drug-likeness (QED) is 0.879. The predicted molar refractivity (Wildman–Crippen MR) is 89.5 cm³/mol. The van der Waals surface area contributed by atoms with E-state index in [0.29, 0.717) is 5.92 Å². The molecule has 118 valence electrons. The molecule has 1 aliphatic heterocycles. The highest BCUT2D eigenvalue weighted by molar-refractivity contribution is 9.10. The van der Waals surface area contributed by atoms with Gasteiger partial charge < -0.3 is 14.8 Å². The first-order chi connectivity index (χ1) is 10.1. The Morgan fingerprint density at radius 2 is 1.90 bits per heavy atom. The molecule has 1 fully saturated rings. The molecule has 0 atom stereocenters. The summed E-state index contributed by atoms with van der Waals surface area (Å²) in [5.74, 6) is 2.00. The molecule has 4 nitrogen and oxygen atoms in total. The van der Waals surface area contributed by atoms with Gasteiger partial charge in [-0.1, -0.05) is 13.8 Å². The van der Waals surface area contributed by atoms with Gasteiger partial charge in [0.15, 0.2) is 11.5 Å². The molecule has 0 spiro atoms. The lowest BCUT2D eigenvalue weighted by atomic mass is 9.95. The summed E-state index contributed by atoms with van der Waals surface area (Å²) in [6, 6.07) is 2.13. The van der Waals surface area contributed by atoms with Crippen LogP contribution < -0.4 is 14.8 Å². The Hall–Kier alpha value is -0.780. The van der Waals surface area contributed by atoms with Crippen LogP contribution in [-0.2, 0) is 6.54 Å². The minimum absolute atomic E-state index is 0.428. The monoisotopic (exact) mass is 356 g/mol. The van der Waals surface area contributed by atoms with Gasteiger partial charge in [0, 0.05) is 32.7 Å². The van der Waals surface area contributed by atoms with E-state index in [-0.39, 0.29) is 0 Å². The lowest BCUT2D eigenvalue weighted by Gasteiger charge is -2.29. The summed E-state index contributed by atoms with van der Waals surface area (Å²) in [4.78, 5) is 2.48. The van der Waals surface area contributed by atoms with Crippen LogP contribution in [0.3, 0.4) is 0 Å². The molecule has 0 bridgehead atoms. The Balaban J connectivity index is 2.39. The Morgan fingerprint density at radius 3 is 2.43 bits per heavy atom. The zero-order valence-corrected chi connectivity index (χ0v) is 14.9. The Labute approximate surface area is 135 Å². The normalized spacial score (nSPS) is 16.3.